The highest BCUT2D eigenvalue weighted by Gasteiger charge is 2.00. The van der Waals surface area contributed by atoms with Crippen LogP contribution in [0.4, 0.5) is 5.69 Å². The molecule has 2 rings (SSSR count). The molecule has 0 atom stereocenters. The van der Waals surface area contributed by atoms with Gasteiger partial charge in [0.15, 0.2) is 0 Å². The van der Waals surface area contributed by atoms with Gasteiger partial charge in [0.1, 0.15) is 0 Å². The Balaban J connectivity index is 2.19. The first-order chi connectivity index (χ1) is 8.69. The van der Waals surface area contributed by atoms with Crippen molar-refractivity contribution in [3.63, 3.8) is 0 Å². The molecule has 0 saturated carbocycles. The van der Waals surface area contributed by atoms with Gasteiger partial charge in [-0.1, -0.05) is 48.9 Å². The van der Waals surface area contributed by atoms with Crippen molar-refractivity contribution in [1.29, 1.82) is 0 Å². The molecule has 2 aromatic carbocycles. The van der Waals surface area contributed by atoms with E-state index < -0.39 is 0 Å². The smallest absolute Gasteiger partial charge is 0.224 e. The van der Waals surface area contributed by atoms with Crippen LogP contribution in [0, 0.1) is 6.92 Å². The van der Waals surface area contributed by atoms with Gasteiger partial charge in [0, 0.05) is 12.1 Å². The molecule has 2 heteroatoms. The van der Waals surface area contributed by atoms with Gasteiger partial charge in [-0.05, 0) is 30.2 Å². The molecule has 0 aliphatic carbocycles. The average Bonchev–Trinajstić information content (AvgIpc) is 2.39. The standard InChI is InChI=1S/C16H17NO/c1-3-16(18)17-15-9-7-13(8-10-15)14-6-4-5-12(2)11-14/h4-11H,3H2,1-2H3,(H,17,18). The lowest BCUT2D eigenvalue weighted by Crippen LogP contribution is -2.08. The maximum Gasteiger partial charge on any atom is 0.224 e. The lowest BCUT2D eigenvalue weighted by Gasteiger charge is -2.06. The second-order valence-corrected chi connectivity index (χ2v) is 4.35. The van der Waals surface area contributed by atoms with E-state index in [1.54, 1.807) is 0 Å². The van der Waals surface area contributed by atoms with Crippen LogP contribution in [0.3, 0.4) is 0 Å². The minimum atomic E-state index is 0.0401. The Hall–Kier alpha value is -2.09. The second kappa shape index (κ2) is 5.50. The van der Waals surface area contributed by atoms with Crippen molar-refractivity contribution >= 4 is 11.6 Å². The number of aryl methyl sites for hydroxylation is 1. The van der Waals surface area contributed by atoms with Crippen LogP contribution < -0.4 is 5.32 Å². The quantitative estimate of drug-likeness (QED) is 0.861. The minimum absolute atomic E-state index is 0.0401. The molecule has 0 radical (unpaired) electrons. The normalized spacial score (nSPS) is 10.1. The van der Waals surface area contributed by atoms with Gasteiger partial charge in [0.2, 0.25) is 5.91 Å². The summed E-state index contributed by atoms with van der Waals surface area (Å²) in [6.07, 6.45) is 0.500. The Bertz CT molecular complexity index is 543. The van der Waals surface area contributed by atoms with Gasteiger partial charge >= 0.3 is 0 Å². The Labute approximate surface area is 108 Å². The summed E-state index contributed by atoms with van der Waals surface area (Å²) < 4.78 is 0. The monoisotopic (exact) mass is 239 g/mol. The molecule has 0 bridgehead atoms. The fourth-order valence-corrected chi connectivity index (χ4v) is 1.82. The molecule has 0 aliphatic rings. The molecule has 92 valence electrons. The van der Waals surface area contributed by atoms with E-state index in [0.29, 0.717) is 6.42 Å². The highest BCUT2D eigenvalue weighted by atomic mass is 16.1. The summed E-state index contributed by atoms with van der Waals surface area (Å²) >= 11 is 0. The fourth-order valence-electron chi connectivity index (χ4n) is 1.82. The molecule has 1 N–H and O–H groups in total. The van der Waals surface area contributed by atoms with Gasteiger partial charge in [-0.3, -0.25) is 4.79 Å². The maximum absolute atomic E-state index is 11.3. The molecule has 0 unspecified atom stereocenters. The number of nitrogens with one attached hydrogen (secondary N) is 1. The zero-order valence-corrected chi connectivity index (χ0v) is 10.7. The van der Waals surface area contributed by atoms with Crippen molar-refractivity contribution in [3.05, 3.63) is 54.1 Å². The van der Waals surface area contributed by atoms with Gasteiger partial charge in [-0.2, -0.15) is 0 Å². The van der Waals surface area contributed by atoms with Gasteiger partial charge < -0.3 is 5.32 Å². The molecule has 2 aromatic rings. The summed E-state index contributed by atoms with van der Waals surface area (Å²) in [4.78, 5) is 11.3. The van der Waals surface area contributed by atoms with E-state index >= 15 is 0 Å². The average molecular weight is 239 g/mol. The first-order valence-corrected chi connectivity index (χ1v) is 6.16. The Morgan fingerprint density at radius 1 is 1.06 bits per heavy atom. The van der Waals surface area contributed by atoms with E-state index in [4.69, 9.17) is 0 Å². The number of rotatable bonds is 3. The molecule has 0 aliphatic heterocycles. The van der Waals surface area contributed by atoms with Gasteiger partial charge in [-0.25, -0.2) is 0 Å². The summed E-state index contributed by atoms with van der Waals surface area (Å²) in [6, 6.07) is 16.3. The van der Waals surface area contributed by atoms with Crippen molar-refractivity contribution in [2.45, 2.75) is 20.3 Å². The number of amides is 1. The van der Waals surface area contributed by atoms with E-state index in [0.717, 1.165) is 11.3 Å². The second-order valence-electron chi connectivity index (χ2n) is 4.35. The van der Waals surface area contributed by atoms with Gasteiger partial charge in [0.05, 0.1) is 0 Å². The molecule has 1 amide bonds. The number of carbonyl (C=O) groups excluding carboxylic acids is 1. The van der Waals surface area contributed by atoms with Crippen LogP contribution >= 0.6 is 0 Å². The lowest BCUT2D eigenvalue weighted by atomic mass is 10.0. The molecule has 0 saturated heterocycles. The SMILES string of the molecule is CCC(=O)Nc1ccc(-c2cccc(C)c2)cc1. The van der Waals surface area contributed by atoms with Crippen LogP contribution in [0.25, 0.3) is 11.1 Å². The summed E-state index contributed by atoms with van der Waals surface area (Å²) in [6.45, 7) is 3.93. The predicted molar refractivity (Wildman–Crippen MR) is 75.5 cm³/mol. The Morgan fingerprint density at radius 2 is 1.78 bits per heavy atom. The number of hydrogen-bond donors (Lipinski definition) is 1. The van der Waals surface area contributed by atoms with Crippen LogP contribution in [0.15, 0.2) is 48.5 Å². The minimum Gasteiger partial charge on any atom is -0.326 e. The van der Waals surface area contributed by atoms with Crippen LogP contribution in [-0.2, 0) is 4.79 Å². The van der Waals surface area contributed by atoms with E-state index in [-0.39, 0.29) is 5.91 Å². The summed E-state index contributed by atoms with van der Waals surface area (Å²) in [5.74, 6) is 0.0401. The molecular weight excluding hydrogens is 222 g/mol. The molecule has 2 nitrogen and oxygen atoms in total. The Morgan fingerprint density at radius 3 is 2.39 bits per heavy atom. The number of benzene rings is 2. The van der Waals surface area contributed by atoms with Crippen molar-refractivity contribution in [3.8, 4) is 11.1 Å². The third kappa shape index (κ3) is 2.98. The maximum atomic E-state index is 11.3. The highest BCUT2D eigenvalue weighted by Crippen LogP contribution is 2.22. The topological polar surface area (TPSA) is 29.1 Å². The van der Waals surface area contributed by atoms with Crippen molar-refractivity contribution in [2.75, 3.05) is 5.32 Å². The first kappa shape index (κ1) is 12.4. The summed E-state index contributed by atoms with van der Waals surface area (Å²) in [7, 11) is 0. The largest absolute Gasteiger partial charge is 0.326 e. The molecular formula is C16H17NO. The van der Waals surface area contributed by atoms with Gasteiger partial charge in [-0.15, -0.1) is 0 Å². The van der Waals surface area contributed by atoms with Crippen LogP contribution in [0.2, 0.25) is 0 Å². The number of carbonyl (C=O) groups is 1. The molecule has 18 heavy (non-hydrogen) atoms. The third-order valence-corrected chi connectivity index (χ3v) is 2.84. The predicted octanol–water partition coefficient (Wildman–Crippen LogP) is 4.01. The highest BCUT2D eigenvalue weighted by molar-refractivity contribution is 5.90. The van der Waals surface area contributed by atoms with Crippen molar-refractivity contribution in [2.24, 2.45) is 0 Å². The molecule has 0 fully saturated rings. The van der Waals surface area contributed by atoms with Crippen molar-refractivity contribution < 1.29 is 4.79 Å². The zero-order chi connectivity index (χ0) is 13.0. The van der Waals surface area contributed by atoms with Crippen molar-refractivity contribution in [1.82, 2.24) is 0 Å². The van der Waals surface area contributed by atoms with E-state index in [9.17, 15) is 4.79 Å². The van der Waals surface area contributed by atoms with Gasteiger partial charge in [0.25, 0.3) is 0 Å². The number of anilines is 1. The first-order valence-electron chi connectivity index (χ1n) is 6.16. The Kier molecular flexibility index (Phi) is 3.78. The summed E-state index contributed by atoms with van der Waals surface area (Å²) in [5.41, 5.74) is 4.45. The van der Waals surface area contributed by atoms with Crippen LogP contribution in [0.1, 0.15) is 18.9 Å². The molecule has 0 spiro atoms. The van der Waals surface area contributed by atoms with E-state index in [1.165, 1.54) is 11.1 Å². The van der Waals surface area contributed by atoms with Crippen LogP contribution in [-0.4, -0.2) is 5.91 Å². The molecule has 0 aromatic heterocycles. The van der Waals surface area contributed by atoms with E-state index in [2.05, 4.69) is 36.5 Å². The summed E-state index contributed by atoms with van der Waals surface area (Å²) in [5, 5.41) is 2.84. The lowest BCUT2D eigenvalue weighted by molar-refractivity contribution is -0.115. The third-order valence-electron chi connectivity index (χ3n) is 2.84. The van der Waals surface area contributed by atoms with E-state index in [1.807, 2.05) is 31.2 Å². The molecule has 0 heterocycles. The van der Waals surface area contributed by atoms with Crippen LogP contribution in [0.5, 0.6) is 0 Å². The zero-order valence-electron chi connectivity index (χ0n) is 10.7. The number of hydrogen-bond acceptors (Lipinski definition) is 1. The fraction of sp³-hybridized carbons (Fsp3) is 0.188.